The molecule has 0 saturated carbocycles. The first-order valence-corrected chi connectivity index (χ1v) is 9.64. The minimum atomic E-state index is -0.496. The first-order valence-electron chi connectivity index (χ1n) is 9.64. The molecule has 0 fully saturated rings. The third-order valence-corrected chi connectivity index (χ3v) is 4.57. The topological polar surface area (TPSA) is 86.5 Å². The van der Waals surface area contributed by atoms with Gasteiger partial charge in [0.05, 0.1) is 24.6 Å². The molecule has 0 aliphatic heterocycles. The van der Waals surface area contributed by atoms with E-state index in [9.17, 15) is 9.90 Å². The number of aryl methyl sites for hydroxylation is 1. The first-order chi connectivity index (χ1) is 14.0. The monoisotopic (exact) mass is 395 g/mol. The van der Waals surface area contributed by atoms with Gasteiger partial charge in [-0.25, -0.2) is 9.78 Å². The third-order valence-electron chi connectivity index (χ3n) is 4.57. The quantitative estimate of drug-likeness (QED) is 0.600. The molecule has 0 amide bonds. The summed E-state index contributed by atoms with van der Waals surface area (Å²) in [4.78, 5) is 17.0. The Labute approximate surface area is 169 Å². The van der Waals surface area contributed by atoms with E-state index >= 15 is 0 Å². The molecule has 1 N–H and O–H groups in total. The number of pyridine rings is 1. The molecule has 0 aliphatic rings. The van der Waals surface area contributed by atoms with Crippen LogP contribution in [-0.4, -0.2) is 38.6 Å². The van der Waals surface area contributed by atoms with Crippen LogP contribution in [0.15, 0.2) is 42.6 Å². The molecule has 0 spiro atoms. The minimum absolute atomic E-state index is 0.123. The summed E-state index contributed by atoms with van der Waals surface area (Å²) < 4.78 is 12.6. The van der Waals surface area contributed by atoms with Gasteiger partial charge in [-0.3, -0.25) is 0 Å². The number of benzene rings is 1. The van der Waals surface area contributed by atoms with Crippen molar-refractivity contribution in [2.24, 2.45) is 0 Å². The Bertz CT molecular complexity index is 1010. The molecule has 2 heterocycles. The summed E-state index contributed by atoms with van der Waals surface area (Å²) in [6.07, 6.45) is 2.06. The maximum Gasteiger partial charge on any atom is 0.345 e. The molecule has 1 unspecified atom stereocenters. The van der Waals surface area contributed by atoms with Crippen molar-refractivity contribution in [3.63, 3.8) is 0 Å². The number of hydrogen-bond acceptors (Lipinski definition) is 6. The van der Waals surface area contributed by atoms with Crippen molar-refractivity contribution in [3.8, 4) is 28.7 Å². The number of carbonyl (C=O) groups is 1. The lowest BCUT2D eigenvalue weighted by atomic mass is 10.1. The lowest BCUT2D eigenvalue weighted by Gasteiger charge is -2.15. The van der Waals surface area contributed by atoms with E-state index in [1.165, 1.54) is 10.9 Å². The van der Waals surface area contributed by atoms with Crippen LogP contribution in [-0.2, 0) is 4.74 Å². The fraction of sp³-hybridized carbons (Fsp3) is 0.318. The third kappa shape index (κ3) is 4.23. The number of hydrogen-bond donors (Lipinski definition) is 1. The standard InChI is InChI=1S/C22H25N3O4/c1-5-15(4)29-21-17(22(27)28-6-2)13-23-25(21)19-12-8-11-18(24-19)16-10-7-9-14(3)20(16)26/h7-13,15,26H,5-6H2,1-4H3. The number of para-hydroxylation sites is 1. The molecular formula is C22H25N3O4. The Kier molecular flexibility index (Phi) is 6.16. The lowest BCUT2D eigenvalue weighted by molar-refractivity contribution is 0.0518. The van der Waals surface area contributed by atoms with E-state index in [4.69, 9.17) is 9.47 Å². The van der Waals surface area contributed by atoms with Gasteiger partial charge < -0.3 is 14.6 Å². The van der Waals surface area contributed by atoms with E-state index in [0.29, 0.717) is 17.1 Å². The average Bonchev–Trinajstić information content (AvgIpc) is 3.13. The molecule has 2 aromatic heterocycles. The van der Waals surface area contributed by atoms with Gasteiger partial charge in [-0.2, -0.15) is 9.78 Å². The molecule has 1 atom stereocenters. The molecule has 1 aromatic carbocycles. The van der Waals surface area contributed by atoms with E-state index < -0.39 is 5.97 Å². The van der Waals surface area contributed by atoms with Crippen molar-refractivity contribution in [3.05, 3.63) is 53.7 Å². The van der Waals surface area contributed by atoms with Crippen LogP contribution in [0.3, 0.4) is 0 Å². The predicted molar refractivity (Wildman–Crippen MR) is 110 cm³/mol. The fourth-order valence-electron chi connectivity index (χ4n) is 2.79. The molecule has 0 aliphatic carbocycles. The van der Waals surface area contributed by atoms with Gasteiger partial charge in [-0.1, -0.05) is 25.1 Å². The van der Waals surface area contributed by atoms with E-state index in [1.807, 2.05) is 45.0 Å². The number of phenolic OH excluding ortho intramolecular Hbond substituents is 1. The number of carbonyl (C=O) groups excluding carboxylic acids is 1. The lowest BCUT2D eigenvalue weighted by Crippen LogP contribution is -2.16. The summed E-state index contributed by atoms with van der Waals surface area (Å²) in [5.41, 5.74) is 2.22. The number of aromatic hydroxyl groups is 1. The van der Waals surface area contributed by atoms with Gasteiger partial charge in [0.25, 0.3) is 0 Å². The maximum absolute atomic E-state index is 12.3. The highest BCUT2D eigenvalue weighted by Crippen LogP contribution is 2.32. The summed E-state index contributed by atoms with van der Waals surface area (Å²) in [5.74, 6) is 0.443. The van der Waals surface area contributed by atoms with Crippen LogP contribution in [0.4, 0.5) is 0 Å². The summed E-state index contributed by atoms with van der Waals surface area (Å²) in [7, 11) is 0. The van der Waals surface area contributed by atoms with Gasteiger partial charge in [0.15, 0.2) is 5.82 Å². The van der Waals surface area contributed by atoms with Crippen molar-refractivity contribution < 1.29 is 19.4 Å². The highest BCUT2D eigenvalue weighted by Gasteiger charge is 2.23. The summed E-state index contributed by atoms with van der Waals surface area (Å²) >= 11 is 0. The zero-order chi connectivity index (χ0) is 21.0. The van der Waals surface area contributed by atoms with Crippen molar-refractivity contribution in [1.82, 2.24) is 14.8 Å². The van der Waals surface area contributed by atoms with Crippen LogP contribution in [0.25, 0.3) is 17.1 Å². The van der Waals surface area contributed by atoms with Gasteiger partial charge in [0.2, 0.25) is 5.88 Å². The van der Waals surface area contributed by atoms with Crippen molar-refractivity contribution in [1.29, 1.82) is 0 Å². The number of nitrogens with zero attached hydrogens (tertiary/aromatic N) is 3. The Balaban J connectivity index is 2.08. The van der Waals surface area contributed by atoms with Crippen LogP contribution >= 0.6 is 0 Å². The highest BCUT2D eigenvalue weighted by molar-refractivity contribution is 5.92. The molecule has 152 valence electrons. The minimum Gasteiger partial charge on any atom is -0.507 e. The second kappa shape index (κ2) is 8.77. The molecule has 0 saturated heterocycles. The van der Waals surface area contributed by atoms with E-state index in [2.05, 4.69) is 10.1 Å². The predicted octanol–water partition coefficient (Wildman–Crippen LogP) is 4.30. The summed E-state index contributed by atoms with van der Waals surface area (Å²) in [5, 5.41) is 14.7. The number of phenols is 1. The van der Waals surface area contributed by atoms with Crippen molar-refractivity contribution in [2.75, 3.05) is 6.61 Å². The molecule has 0 bridgehead atoms. The Morgan fingerprint density at radius 1 is 1.21 bits per heavy atom. The summed E-state index contributed by atoms with van der Waals surface area (Å²) in [6, 6.07) is 10.9. The zero-order valence-corrected chi connectivity index (χ0v) is 17.0. The maximum atomic E-state index is 12.3. The molecule has 7 nitrogen and oxygen atoms in total. The smallest absolute Gasteiger partial charge is 0.345 e. The highest BCUT2D eigenvalue weighted by atomic mass is 16.5. The second-order valence-electron chi connectivity index (χ2n) is 6.68. The molecule has 3 rings (SSSR count). The molecule has 29 heavy (non-hydrogen) atoms. The van der Waals surface area contributed by atoms with Crippen LogP contribution in [0.2, 0.25) is 0 Å². The van der Waals surface area contributed by atoms with Gasteiger partial charge >= 0.3 is 5.97 Å². The van der Waals surface area contributed by atoms with E-state index in [-0.39, 0.29) is 29.9 Å². The molecule has 7 heteroatoms. The van der Waals surface area contributed by atoms with Crippen molar-refractivity contribution in [2.45, 2.75) is 40.2 Å². The molecule has 3 aromatic rings. The van der Waals surface area contributed by atoms with Gasteiger partial charge in [0.1, 0.15) is 11.3 Å². The van der Waals surface area contributed by atoms with Crippen LogP contribution in [0.1, 0.15) is 43.1 Å². The number of rotatable bonds is 7. The average molecular weight is 395 g/mol. The number of aromatic nitrogens is 3. The first kappa shape index (κ1) is 20.4. The Morgan fingerprint density at radius 2 is 1.97 bits per heavy atom. The normalized spacial score (nSPS) is 11.9. The SMILES string of the molecule is CCOC(=O)c1cnn(-c2cccc(-c3cccc(C)c3O)n2)c1OC(C)CC. The largest absolute Gasteiger partial charge is 0.507 e. The number of ether oxygens (including phenoxy) is 2. The summed E-state index contributed by atoms with van der Waals surface area (Å²) in [6.45, 7) is 7.75. The fourth-order valence-corrected chi connectivity index (χ4v) is 2.79. The zero-order valence-electron chi connectivity index (χ0n) is 17.0. The van der Waals surface area contributed by atoms with Gasteiger partial charge in [-0.15, -0.1) is 0 Å². The second-order valence-corrected chi connectivity index (χ2v) is 6.68. The van der Waals surface area contributed by atoms with Crippen LogP contribution < -0.4 is 4.74 Å². The van der Waals surface area contributed by atoms with Crippen LogP contribution in [0, 0.1) is 6.92 Å². The van der Waals surface area contributed by atoms with Gasteiger partial charge in [-0.05, 0) is 51.0 Å². The molecule has 0 radical (unpaired) electrons. The molecular weight excluding hydrogens is 370 g/mol. The Hall–Kier alpha value is -3.35. The van der Waals surface area contributed by atoms with E-state index in [1.54, 1.807) is 19.1 Å². The van der Waals surface area contributed by atoms with E-state index in [0.717, 1.165) is 12.0 Å². The van der Waals surface area contributed by atoms with Gasteiger partial charge in [0, 0.05) is 5.56 Å². The van der Waals surface area contributed by atoms with Crippen molar-refractivity contribution >= 4 is 5.97 Å². The van der Waals surface area contributed by atoms with Crippen LogP contribution in [0.5, 0.6) is 11.6 Å². The number of esters is 1. The Morgan fingerprint density at radius 3 is 2.69 bits per heavy atom.